The second-order valence-electron chi connectivity index (χ2n) is 9.05. The number of carbonyl (C=O) groups excluding carboxylic acids is 2. The maximum absolute atomic E-state index is 13.6. The Bertz CT molecular complexity index is 922. The number of piperidine rings is 1. The van der Waals surface area contributed by atoms with Crippen molar-refractivity contribution in [3.63, 3.8) is 0 Å². The van der Waals surface area contributed by atoms with Crippen LogP contribution in [0, 0.1) is 11.9 Å². The first-order chi connectivity index (χ1) is 13.7. The summed E-state index contributed by atoms with van der Waals surface area (Å²) >= 11 is 0. The van der Waals surface area contributed by atoms with Crippen molar-refractivity contribution < 1.29 is 18.7 Å². The number of hydrogen-bond donors (Lipinski definition) is 2. The third kappa shape index (κ3) is 4.06. The van der Waals surface area contributed by atoms with Crippen molar-refractivity contribution in [2.75, 3.05) is 0 Å². The van der Waals surface area contributed by atoms with Gasteiger partial charge in [-0.05, 0) is 64.2 Å². The Balaban J connectivity index is 1.36. The number of ether oxygens (including phenoxy) is 1. The number of fused-ring (bicyclic) bond motifs is 3. The third-order valence-corrected chi connectivity index (χ3v) is 5.76. The molecule has 3 atom stereocenters. The number of halogens is 1. The van der Waals surface area contributed by atoms with Crippen LogP contribution in [-0.2, 0) is 16.1 Å². The van der Waals surface area contributed by atoms with E-state index in [0.29, 0.717) is 30.3 Å². The van der Waals surface area contributed by atoms with Gasteiger partial charge in [0.15, 0.2) is 0 Å². The molecule has 2 amide bonds. The van der Waals surface area contributed by atoms with Gasteiger partial charge in [-0.25, -0.2) is 4.79 Å². The predicted molar refractivity (Wildman–Crippen MR) is 106 cm³/mol. The molecule has 2 aromatic rings. The fourth-order valence-electron chi connectivity index (χ4n) is 4.48. The van der Waals surface area contributed by atoms with Gasteiger partial charge in [0.1, 0.15) is 5.60 Å². The number of amides is 2. The topological polar surface area (TPSA) is 87.3 Å². The van der Waals surface area contributed by atoms with Gasteiger partial charge < -0.3 is 15.0 Å². The highest BCUT2D eigenvalue weighted by Crippen LogP contribution is 2.39. The van der Waals surface area contributed by atoms with Crippen LogP contribution in [0.5, 0.6) is 0 Å². The van der Waals surface area contributed by atoms with Crippen LogP contribution in [0.3, 0.4) is 0 Å². The van der Waals surface area contributed by atoms with Crippen LogP contribution < -0.4 is 5.32 Å². The van der Waals surface area contributed by atoms with E-state index >= 15 is 0 Å². The Morgan fingerprint density at radius 3 is 2.62 bits per heavy atom. The molecule has 2 fully saturated rings. The van der Waals surface area contributed by atoms with E-state index in [1.165, 1.54) is 0 Å². The monoisotopic (exact) mass is 402 g/mol. The summed E-state index contributed by atoms with van der Waals surface area (Å²) in [5.74, 6) is -0.682. The van der Waals surface area contributed by atoms with Crippen molar-refractivity contribution in [1.82, 2.24) is 20.4 Å². The normalized spacial score (nSPS) is 24.0. The lowest BCUT2D eigenvalue weighted by Gasteiger charge is -2.39. The molecule has 1 aromatic heterocycles. The molecule has 2 N–H and O–H groups in total. The smallest absolute Gasteiger partial charge is 0.410 e. The quantitative estimate of drug-likeness (QED) is 0.823. The minimum absolute atomic E-state index is 0.0153. The van der Waals surface area contributed by atoms with E-state index in [4.69, 9.17) is 4.74 Å². The highest BCUT2D eigenvalue weighted by atomic mass is 19.1. The zero-order valence-corrected chi connectivity index (χ0v) is 17.0. The number of rotatable bonds is 3. The molecule has 2 bridgehead atoms. The molecule has 0 radical (unpaired) electrons. The van der Waals surface area contributed by atoms with Gasteiger partial charge in [0.05, 0.1) is 10.9 Å². The summed E-state index contributed by atoms with van der Waals surface area (Å²) in [6.07, 6.45) is 2.83. The third-order valence-electron chi connectivity index (χ3n) is 5.76. The molecule has 29 heavy (non-hydrogen) atoms. The van der Waals surface area contributed by atoms with Crippen molar-refractivity contribution in [2.45, 2.75) is 70.7 Å². The minimum Gasteiger partial charge on any atom is -0.444 e. The number of hydrogen-bond acceptors (Lipinski definition) is 4. The molecule has 0 spiro atoms. The zero-order valence-electron chi connectivity index (χ0n) is 17.0. The SMILES string of the molecule is CC(C)(C)OC(=O)N1[C@@H]2CC[C@H]1C[C@H](C(=O)NCc1ccc3[nH]nc(F)c3c1)C2. The standard InChI is InChI=1S/C21H27FN4O3/c1-21(2,3)29-20(28)26-14-5-6-15(26)10-13(9-14)19(27)23-11-12-4-7-17-16(8-12)18(22)25-24-17/h4,7-8,13-15H,5-6,9-11H2,1-3H3,(H,23,27)(H,24,25)/t13-,14-,15+. The Morgan fingerprint density at radius 2 is 1.97 bits per heavy atom. The minimum atomic E-state index is -0.542. The predicted octanol–water partition coefficient (Wildman–Crippen LogP) is 3.50. The number of aromatic amines is 1. The largest absolute Gasteiger partial charge is 0.444 e. The van der Waals surface area contributed by atoms with Gasteiger partial charge in [0.2, 0.25) is 11.9 Å². The highest BCUT2D eigenvalue weighted by Gasteiger charge is 2.46. The van der Waals surface area contributed by atoms with Crippen LogP contribution in [0.1, 0.15) is 52.0 Å². The summed E-state index contributed by atoms with van der Waals surface area (Å²) in [6.45, 7) is 5.92. The lowest BCUT2D eigenvalue weighted by Crippen LogP contribution is -2.50. The average molecular weight is 402 g/mol. The van der Waals surface area contributed by atoms with Crippen LogP contribution in [0.15, 0.2) is 18.2 Å². The molecule has 156 valence electrons. The molecule has 1 aromatic carbocycles. The van der Waals surface area contributed by atoms with Crippen LogP contribution in [0.2, 0.25) is 0 Å². The average Bonchev–Trinajstić information content (AvgIpc) is 3.15. The van der Waals surface area contributed by atoms with Crippen molar-refractivity contribution >= 4 is 22.9 Å². The summed E-state index contributed by atoms with van der Waals surface area (Å²) in [5.41, 5.74) is 0.921. The van der Waals surface area contributed by atoms with E-state index in [0.717, 1.165) is 18.4 Å². The molecule has 0 unspecified atom stereocenters. The summed E-state index contributed by atoms with van der Waals surface area (Å²) in [7, 11) is 0. The van der Waals surface area contributed by atoms with Crippen LogP contribution in [0.25, 0.3) is 10.9 Å². The fraction of sp³-hybridized carbons (Fsp3) is 0.571. The Kier molecular flexibility index (Phi) is 4.96. The van der Waals surface area contributed by atoms with Crippen LogP contribution >= 0.6 is 0 Å². The van der Waals surface area contributed by atoms with Crippen molar-refractivity contribution in [3.8, 4) is 0 Å². The summed E-state index contributed by atoms with van der Waals surface area (Å²) in [5, 5.41) is 9.56. The van der Waals surface area contributed by atoms with Gasteiger partial charge >= 0.3 is 6.09 Å². The van der Waals surface area contributed by atoms with Gasteiger partial charge in [0.25, 0.3) is 0 Å². The number of H-pyrrole nitrogens is 1. The van der Waals surface area contributed by atoms with Gasteiger partial charge in [-0.1, -0.05) is 6.07 Å². The first-order valence-electron chi connectivity index (χ1n) is 10.1. The van der Waals surface area contributed by atoms with E-state index < -0.39 is 11.5 Å². The molecule has 8 heteroatoms. The first kappa shape index (κ1) is 19.7. The lowest BCUT2D eigenvalue weighted by molar-refractivity contribution is -0.127. The Hall–Kier alpha value is -2.64. The number of nitrogens with one attached hydrogen (secondary N) is 2. The lowest BCUT2D eigenvalue weighted by atomic mass is 9.90. The molecular weight excluding hydrogens is 375 g/mol. The second-order valence-corrected chi connectivity index (χ2v) is 9.05. The molecular formula is C21H27FN4O3. The zero-order chi connectivity index (χ0) is 20.8. The molecule has 0 saturated carbocycles. The maximum Gasteiger partial charge on any atom is 0.410 e. The van der Waals surface area contributed by atoms with Crippen molar-refractivity contribution in [2.24, 2.45) is 5.92 Å². The molecule has 3 heterocycles. The van der Waals surface area contributed by atoms with Gasteiger partial charge in [-0.3, -0.25) is 9.89 Å². The Morgan fingerprint density at radius 1 is 1.28 bits per heavy atom. The molecule has 2 aliphatic heterocycles. The van der Waals surface area contributed by atoms with Crippen molar-refractivity contribution in [1.29, 1.82) is 0 Å². The van der Waals surface area contributed by atoms with E-state index in [1.54, 1.807) is 12.1 Å². The number of nitrogens with zero attached hydrogens (tertiary/aromatic N) is 2. The van der Waals surface area contributed by atoms with E-state index in [-0.39, 0.29) is 30.0 Å². The maximum atomic E-state index is 13.6. The van der Waals surface area contributed by atoms with Crippen molar-refractivity contribution in [3.05, 3.63) is 29.7 Å². The van der Waals surface area contributed by atoms with Crippen LogP contribution in [-0.4, -0.2) is 44.8 Å². The summed E-state index contributed by atoms with van der Waals surface area (Å²) in [6, 6.07) is 5.40. The van der Waals surface area contributed by atoms with Gasteiger partial charge in [-0.15, -0.1) is 5.10 Å². The summed E-state index contributed by atoms with van der Waals surface area (Å²) in [4.78, 5) is 27.1. The second kappa shape index (κ2) is 7.31. The van der Waals surface area contributed by atoms with Crippen LogP contribution in [0.4, 0.5) is 9.18 Å². The van der Waals surface area contributed by atoms with E-state index in [2.05, 4.69) is 15.5 Å². The Labute approximate surface area is 169 Å². The highest BCUT2D eigenvalue weighted by molar-refractivity contribution is 5.81. The molecule has 4 rings (SSSR count). The van der Waals surface area contributed by atoms with Gasteiger partial charge in [0, 0.05) is 24.5 Å². The van der Waals surface area contributed by atoms with E-state index in [9.17, 15) is 14.0 Å². The fourth-order valence-corrected chi connectivity index (χ4v) is 4.48. The molecule has 7 nitrogen and oxygen atoms in total. The van der Waals surface area contributed by atoms with E-state index in [1.807, 2.05) is 31.7 Å². The number of benzene rings is 1. The molecule has 2 aliphatic rings. The number of carbonyl (C=O) groups is 2. The summed E-state index contributed by atoms with van der Waals surface area (Å²) < 4.78 is 19.2. The molecule has 0 aliphatic carbocycles. The number of aromatic nitrogens is 2. The first-order valence-corrected chi connectivity index (χ1v) is 10.1. The molecule has 2 saturated heterocycles. The van der Waals surface area contributed by atoms with Gasteiger partial charge in [-0.2, -0.15) is 4.39 Å².